The summed E-state index contributed by atoms with van der Waals surface area (Å²) in [4.78, 5) is -0.428. The Bertz CT molecular complexity index is 837. The van der Waals surface area contributed by atoms with Gasteiger partial charge in [-0.2, -0.15) is 8.42 Å². The second-order valence-electron chi connectivity index (χ2n) is 4.62. The molecule has 0 saturated heterocycles. The van der Waals surface area contributed by atoms with E-state index in [1.165, 1.54) is 19.1 Å². The predicted octanol–water partition coefficient (Wildman–Crippen LogP) is 4.90. The van der Waals surface area contributed by atoms with Crippen molar-refractivity contribution in [3.05, 3.63) is 54.8 Å². The number of hydrogen-bond acceptors (Lipinski definition) is 3. The molecule has 0 amide bonds. The van der Waals surface area contributed by atoms with E-state index in [1.54, 1.807) is 6.92 Å². The van der Waals surface area contributed by atoms with E-state index in [-0.39, 0.29) is 31.4 Å². The number of allylic oxidation sites excluding steroid dienone is 2. The maximum Gasteiger partial charge on any atom is 0.277 e. The Hall–Kier alpha value is -0.530. The van der Waals surface area contributed by atoms with Gasteiger partial charge >= 0.3 is 0 Å². The molecule has 2 rings (SSSR count). The fourth-order valence-corrected chi connectivity index (χ4v) is 4.04. The van der Waals surface area contributed by atoms with Crippen molar-refractivity contribution >= 4 is 67.4 Å². The van der Waals surface area contributed by atoms with Gasteiger partial charge in [-0.05, 0) is 31.6 Å². The van der Waals surface area contributed by atoms with Gasteiger partial charge in [0.2, 0.25) is 0 Å². The van der Waals surface area contributed by atoms with Crippen molar-refractivity contribution in [2.45, 2.75) is 13.8 Å². The molecule has 1 heterocycles. The lowest BCUT2D eigenvalue weighted by Gasteiger charge is -2.40. The largest absolute Gasteiger partial charge is 0.616 e. The Balaban J connectivity index is 2.96. The Morgan fingerprint density at radius 3 is 1.95 bits per heavy atom. The van der Waals surface area contributed by atoms with Crippen LogP contribution in [0.4, 0.5) is 5.69 Å². The van der Waals surface area contributed by atoms with Gasteiger partial charge in [-0.25, -0.2) is 0 Å². The summed E-state index contributed by atoms with van der Waals surface area (Å²) < 4.78 is 21.6. The van der Waals surface area contributed by atoms with Crippen molar-refractivity contribution in [2.24, 2.45) is 0 Å². The highest BCUT2D eigenvalue weighted by atomic mass is 35.5. The van der Waals surface area contributed by atoms with Gasteiger partial charge in [-0.3, -0.25) is 4.65 Å². The zero-order valence-electron chi connectivity index (χ0n) is 11.3. The first kappa shape index (κ1) is 17.8. The van der Waals surface area contributed by atoms with Crippen LogP contribution in [0.15, 0.2) is 23.9 Å². The number of nitrogens with zero attached hydrogens (tertiary/aromatic N) is 1. The van der Waals surface area contributed by atoms with E-state index in [9.17, 15) is 13.6 Å². The third-order valence-corrected chi connectivity index (χ3v) is 6.01. The smallest absolute Gasteiger partial charge is 0.277 e. The van der Waals surface area contributed by atoms with Crippen LogP contribution in [0.1, 0.15) is 12.5 Å². The molecular weight excluding hydrogens is 392 g/mol. The lowest BCUT2D eigenvalue weighted by Crippen LogP contribution is -2.46. The van der Waals surface area contributed by atoms with Crippen molar-refractivity contribution in [2.75, 3.05) is 0 Å². The monoisotopic (exact) mass is 399 g/mol. The molecule has 1 aromatic carbocycles. The van der Waals surface area contributed by atoms with Gasteiger partial charge in [-0.15, -0.1) is 0 Å². The second-order valence-corrected chi connectivity index (χ2v) is 6.99. The van der Waals surface area contributed by atoms with Gasteiger partial charge in [0.15, 0.2) is 5.69 Å². The SMILES string of the molecule is CC1=CC=C[N+]([O-])(c2c(Cl)c(Cl)c(C)c(Cl)c2Cl)C1=S(=O)=O. The fourth-order valence-electron chi connectivity index (χ4n) is 2.15. The van der Waals surface area contributed by atoms with E-state index in [1.807, 2.05) is 0 Å². The van der Waals surface area contributed by atoms with Crippen LogP contribution in [0, 0.1) is 12.1 Å². The maximum absolute atomic E-state index is 13.3. The molecule has 4 nitrogen and oxygen atoms in total. The Morgan fingerprint density at radius 1 is 1.00 bits per heavy atom. The summed E-state index contributed by atoms with van der Waals surface area (Å²) in [5.41, 5.74) is 0.448. The first-order valence-electron chi connectivity index (χ1n) is 5.89. The minimum absolute atomic E-state index is 0.0519. The van der Waals surface area contributed by atoms with Crippen molar-refractivity contribution in [3.63, 3.8) is 0 Å². The van der Waals surface area contributed by atoms with E-state index in [4.69, 9.17) is 46.4 Å². The predicted molar refractivity (Wildman–Crippen MR) is 93.2 cm³/mol. The summed E-state index contributed by atoms with van der Waals surface area (Å²) in [5.74, 6) is 0. The van der Waals surface area contributed by atoms with Crippen LogP contribution in [0.2, 0.25) is 20.1 Å². The topological polar surface area (TPSA) is 57.2 Å². The van der Waals surface area contributed by atoms with E-state index in [0.29, 0.717) is 5.56 Å². The molecule has 0 N–H and O–H groups in total. The number of hydrogen-bond donors (Lipinski definition) is 0. The molecule has 0 aliphatic carbocycles. The van der Waals surface area contributed by atoms with E-state index >= 15 is 0 Å². The summed E-state index contributed by atoms with van der Waals surface area (Å²) in [6.07, 6.45) is 4.03. The standard InChI is InChI=1S/C13H9Cl4NO3S/c1-6-4-3-5-18(19,13(6)22(20)21)12-10(16)8(14)7(2)9(15)11(12)17/h3-5H,1-2H3. The van der Waals surface area contributed by atoms with Crippen LogP contribution in [0.3, 0.4) is 0 Å². The molecule has 0 radical (unpaired) electrons. The molecule has 0 saturated carbocycles. The van der Waals surface area contributed by atoms with Crippen LogP contribution in [0.5, 0.6) is 0 Å². The number of hydroxylamine groups is 2. The minimum Gasteiger partial charge on any atom is -0.616 e. The van der Waals surface area contributed by atoms with Gasteiger partial charge in [0.05, 0.1) is 10.0 Å². The quantitative estimate of drug-likeness (QED) is 0.291. The molecule has 1 aromatic rings. The van der Waals surface area contributed by atoms with Gasteiger partial charge in [0.25, 0.3) is 15.3 Å². The minimum atomic E-state index is -2.78. The summed E-state index contributed by atoms with van der Waals surface area (Å²) in [6, 6.07) is 0. The Labute approximate surface area is 148 Å². The second kappa shape index (κ2) is 6.17. The molecular formula is C13H9Cl4NO3S. The molecule has 0 bridgehead atoms. The summed E-state index contributed by atoms with van der Waals surface area (Å²) in [5, 5.41) is 13.1. The normalized spacial score (nSPS) is 21.0. The molecule has 0 spiro atoms. The van der Waals surface area contributed by atoms with Crippen molar-refractivity contribution in [1.82, 2.24) is 4.65 Å². The molecule has 22 heavy (non-hydrogen) atoms. The summed E-state index contributed by atoms with van der Waals surface area (Å²) in [6.45, 7) is 3.09. The maximum atomic E-state index is 13.3. The van der Waals surface area contributed by atoms with Crippen molar-refractivity contribution < 1.29 is 8.42 Å². The molecule has 1 unspecified atom stereocenters. The average Bonchev–Trinajstić information content (AvgIpc) is 2.42. The third-order valence-electron chi connectivity index (χ3n) is 3.23. The highest BCUT2D eigenvalue weighted by molar-refractivity contribution is 7.73. The van der Waals surface area contributed by atoms with Crippen molar-refractivity contribution in [3.8, 4) is 0 Å². The summed E-state index contributed by atoms with van der Waals surface area (Å²) in [7, 11) is -2.78. The Morgan fingerprint density at radius 2 is 1.50 bits per heavy atom. The molecule has 118 valence electrons. The zero-order valence-corrected chi connectivity index (χ0v) is 15.2. The van der Waals surface area contributed by atoms with E-state index in [2.05, 4.69) is 0 Å². The third kappa shape index (κ3) is 2.61. The number of benzene rings is 1. The lowest BCUT2D eigenvalue weighted by atomic mass is 10.1. The van der Waals surface area contributed by atoms with Gasteiger partial charge in [0, 0.05) is 5.57 Å². The van der Waals surface area contributed by atoms with Gasteiger partial charge in [-0.1, -0.05) is 46.4 Å². The Kier molecular flexibility index (Phi) is 5.00. The first-order chi connectivity index (χ1) is 10.1. The highest BCUT2D eigenvalue weighted by Gasteiger charge is 2.37. The van der Waals surface area contributed by atoms with Gasteiger partial charge < -0.3 is 5.21 Å². The molecule has 1 atom stereocenters. The molecule has 1 aliphatic rings. The lowest BCUT2D eigenvalue weighted by molar-refractivity contribution is 0.623. The highest BCUT2D eigenvalue weighted by Crippen LogP contribution is 2.49. The number of rotatable bonds is 1. The summed E-state index contributed by atoms with van der Waals surface area (Å²) >= 11 is 24.5. The molecule has 0 fully saturated rings. The van der Waals surface area contributed by atoms with E-state index in [0.717, 1.165) is 6.20 Å². The van der Waals surface area contributed by atoms with Crippen molar-refractivity contribution in [1.29, 1.82) is 0 Å². The van der Waals surface area contributed by atoms with Crippen LogP contribution >= 0.6 is 46.4 Å². The number of quaternary nitrogens is 1. The van der Waals surface area contributed by atoms with E-state index < -0.39 is 19.9 Å². The molecule has 9 heteroatoms. The molecule has 0 aromatic heterocycles. The van der Waals surface area contributed by atoms with Crippen LogP contribution < -0.4 is 4.65 Å². The van der Waals surface area contributed by atoms with Crippen LogP contribution in [-0.4, -0.2) is 13.4 Å². The van der Waals surface area contributed by atoms with Crippen LogP contribution in [-0.2, 0) is 10.3 Å². The molecule has 1 aliphatic heterocycles. The average molecular weight is 401 g/mol. The van der Waals surface area contributed by atoms with Crippen LogP contribution in [0.25, 0.3) is 0 Å². The first-order valence-corrected chi connectivity index (χ1v) is 8.47. The number of halogens is 4. The van der Waals surface area contributed by atoms with Gasteiger partial charge in [0.1, 0.15) is 16.2 Å². The fraction of sp³-hybridized carbons (Fsp3) is 0.154. The zero-order chi connectivity index (χ0) is 16.8.